The van der Waals surface area contributed by atoms with Gasteiger partial charge in [-0.2, -0.15) is 0 Å². The van der Waals surface area contributed by atoms with Gasteiger partial charge in [0, 0.05) is 34.9 Å². The lowest BCUT2D eigenvalue weighted by atomic mass is 10.1. The maximum Gasteiger partial charge on any atom is 0.227 e. The summed E-state index contributed by atoms with van der Waals surface area (Å²) in [7, 11) is 0. The molecule has 2 aromatic heterocycles. The Hall–Kier alpha value is -2.49. The van der Waals surface area contributed by atoms with Gasteiger partial charge >= 0.3 is 0 Å². The first-order valence-electron chi connectivity index (χ1n) is 9.81. The molecule has 1 saturated carbocycles. The Labute approximate surface area is 154 Å². The molecule has 1 aliphatic heterocycles. The van der Waals surface area contributed by atoms with E-state index in [0.717, 1.165) is 39.9 Å². The molecule has 4 heteroatoms. The molecular formula is C22H25N3O. The summed E-state index contributed by atoms with van der Waals surface area (Å²) < 4.78 is 6.24. The molecule has 0 unspecified atom stereocenters. The van der Waals surface area contributed by atoms with Crippen LogP contribution in [0.2, 0.25) is 0 Å². The molecule has 0 spiro atoms. The van der Waals surface area contributed by atoms with E-state index in [1.165, 1.54) is 25.7 Å². The van der Waals surface area contributed by atoms with Gasteiger partial charge in [0.15, 0.2) is 5.58 Å². The highest BCUT2D eigenvalue weighted by atomic mass is 16.3. The fourth-order valence-electron chi connectivity index (χ4n) is 4.55. The lowest BCUT2D eigenvalue weighted by molar-refractivity contribution is 0.237. The molecule has 0 N–H and O–H groups in total. The van der Waals surface area contributed by atoms with E-state index in [1.54, 1.807) is 0 Å². The van der Waals surface area contributed by atoms with Gasteiger partial charge in [-0.25, -0.2) is 4.98 Å². The summed E-state index contributed by atoms with van der Waals surface area (Å²) in [5.74, 6) is 0. The number of anilines is 1. The summed E-state index contributed by atoms with van der Waals surface area (Å²) >= 11 is 0. The predicted octanol–water partition coefficient (Wildman–Crippen LogP) is 5.43. The second-order valence-electron chi connectivity index (χ2n) is 7.49. The van der Waals surface area contributed by atoms with Gasteiger partial charge < -0.3 is 14.2 Å². The lowest BCUT2D eigenvalue weighted by Crippen LogP contribution is -2.40. The SMILES string of the molecule is CCc1ccc2c(n1)oc1c(N3C=CN(C4CCCC4)[C@@H]3C)cccc12. The number of benzene rings is 1. The van der Waals surface area contributed by atoms with Crippen LogP contribution in [0.15, 0.2) is 47.1 Å². The van der Waals surface area contributed by atoms with Crippen LogP contribution in [0.5, 0.6) is 0 Å². The molecule has 4 nitrogen and oxygen atoms in total. The summed E-state index contributed by atoms with van der Waals surface area (Å²) in [6, 6.07) is 11.3. The molecule has 1 aliphatic carbocycles. The third-order valence-electron chi connectivity index (χ3n) is 6.02. The highest BCUT2D eigenvalue weighted by molar-refractivity contribution is 6.08. The van der Waals surface area contributed by atoms with Crippen molar-refractivity contribution in [1.29, 1.82) is 0 Å². The van der Waals surface area contributed by atoms with E-state index in [-0.39, 0.29) is 0 Å². The van der Waals surface area contributed by atoms with Crippen LogP contribution in [0.4, 0.5) is 5.69 Å². The minimum Gasteiger partial charge on any atom is -0.435 e. The average Bonchev–Trinajstić information content (AvgIpc) is 3.38. The second-order valence-corrected chi connectivity index (χ2v) is 7.49. The quantitative estimate of drug-likeness (QED) is 0.633. The summed E-state index contributed by atoms with van der Waals surface area (Å²) in [5.41, 5.74) is 3.88. The molecule has 1 atom stereocenters. The molecule has 26 heavy (non-hydrogen) atoms. The number of aryl methyl sites for hydroxylation is 1. The normalized spacial score (nSPS) is 20.9. The highest BCUT2D eigenvalue weighted by Gasteiger charge is 2.31. The maximum absolute atomic E-state index is 6.24. The molecule has 2 aliphatic rings. The zero-order chi connectivity index (χ0) is 17.7. The number of hydrogen-bond donors (Lipinski definition) is 0. The van der Waals surface area contributed by atoms with Crippen molar-refractivity contribution in [3.63, 3.8) is 0 Å². The Morgan fingerprint density at radius 3 is 2.73 bits per heavy atom. The first-order chi connectivity index (χ1) is 12.8. The topological polar surface area (TPSA) is 32.5 Å². The number of pyridine rings is 1. The van der Waals surface area contributed by atoms with E-state index in [4.69, 9.17) is 4.42 Å². The largest absolute Gasteiger partial charge is 0.435 e. The van der Waals surface area contributed by atoms with Gasteiger partial charge in [0.2, 0.25) is 5.71 Å². The Kier molecular flexibility index (Phi) is 3.66. The van der Waals surface area contributed by atoms with Crippen LogP contribution in [0.25, 0.3) is 22.1 Å². The van der Waals surface area contributed by atoms with Gasteiger partial charge in [-0.3, -0.25) is 0 Å². The average molecular weight is 347 g/mol. The molecule has 3 heterocycles. The third-order valence-corrected chi connectivity index (χ3v) is 6.02. The van der Waals surface area contributed by atoms with E-state index < -0.39 is 0 Å². The Bertz CT molecular complexity index is 984. The molecule has 1 fully saturated rings. The van der Waals surface area contributed by atoms with Crippen LogP contribution in [0.1, 0.15) is 45.2 Å². The fraction of sp³-hybridized carbons (Fsp3) is 0.409. The van der Waals surface area contributed by atoms with Crippen LogP contribution in [-0.4, -0.2) is 22.1 Å². The van der Waals surface area contributed by atoms with E-state index in [9.17, 15) is 0 Å². The summed E-state index contributed by atoms with van der Waals surface area (Å²) in [6.45, 7) is 4.41. The standard InChI is InChI=1S/C22H25N3O/c1-3-16-11-12-19-18-9-6-10-20(21(18)26-22(19)23-16)25-14-13-24(15(25)2)17-7-4-5-8-17/h6,9-15,17H,3-5,7-8H2,1-2H3/t15-/m0/s1. The van der Waals surface area contributed by atoms with Crippen molar-refractivity contribution in [3.05, 3.63) is 48.4 Å². The zero-order valence-electron chi connectivity index (χ0n) is 15.5. The smallest absolute Gasteiger partial charge is 0.227 e. The van der Waals surface area contributed by atoms with Crippen LogP contribution in [-0.2, 0) is 6.42 Å². The predicted molar refractivity (Wildman–Crippen MR) is 106 cm³/mol. The van der Waals surface area contributed by atoms with Gasteiger partial charge in [0.25, 0.3) is 0 Å². The summed E-state index contributed by atoms with van der Waals surface area (Å²) in [6.07, 6.45) is 11.0. The van der Waals surface area contributed by atoms with Crippen LogP contribution in [0.3, 0.4) is 0 Å². The van der Waals surface area contributed by atoms with Crippen molar-refractivity contribution in [2.45, 2.75) is 58.2 Å². The number of hydrogen-bond acceptors (Lipinski definition) is 4. The van der Waals surface area contributed by atoms with Crippen LogP contribution < -0.4 is 4.90 Å². The minimum atomic E-state index is 0.316. The third kappa shape index (κ3) is 2.32. The monoisotopic (exact) mass is 347 g/mol. The summed E-state index contributed by atoms with van der Waals surface area (Å²) in [5, 5.41) is 2.25. The number of fused-ring (bicyclic) bond motifs is 3. The van der Waals surface area contributed by atoms with Crippen LogP contribution >= 0.6 is 0 Å². The molecule has 3 aromatic rings. The number of furan rings is 1. The van der Waals surface area contributed by atoms with Gasteiger partial charge in [-0.15, -0.1) is 0 Å². The maximum atomic E-state index is 6.24. The Morgan fingerprint density at radius 2 is 1.92 bits per heavy atom. The van der Waals surface area contributed by atoms with Crippen molar-refractivity contribution >= 4 is 27.8 Å². The lowest BCUT2D eigenvalue weighted by Gasteiger charge is -2.33. The summed E-state index contributed by atoms with van der Waals surface area (Å²) in [4.78, 5) is 9.53. The fourth-order valence-corrected chi connectivity index (χ4v) is 4.55. The van der Waals surface area contributed by atoms with Gasteiger partial charge in [0.05, 0.1) is 5.69 Å². The van der Waals surface area contributed by atoms with E-state index >= 15 is 0 Å². The van der Waals surface area contributed by atoms with Crippen molar-refractivity contribution < 1.29 is 4.42 Å². The first kappa shape index (κ1) is 15.7. The van der Waals surface area contributed by atoms with E-state index in [0.29, 0.717) is 12.2 Å². The molecule has 134 valence electrons. The van der Waals surface area contributed by atoms with Crippen molar-refractivity contribution in [1.82, 2.24) is 9.88 Å². The van der Waals surface area contributed by atoms with Gasteiger partial charge in [-0.1, -0.05) is 31.9 Å². The van der Waals surface area contributed by atoms with Crippen molar-refractivity contribution in [2.75, 3.05) is 4.90 Å². The van der Waals surface area contributed by atoms with Crippen molar-refractivity contribution in [3.8, 4) is 0 Å². The van der Waals surface area contributed by atoms with E-state index in [1.807, 2.05) is 0 Å². The van der Waals surface area contributed by atoms with Gasteiger partial charge in [-0.05, 0) is 44.4 Å². The minimum absolute atomic E-state index is 0.316. The molecule has 0 amide bonds. The van der Waals surface area contributed by atoms with Crippen LogP contribution in [0, 0.1) is 0 Å². The number of para-hydroxylation sites is 1. The molecule has 0 saturated heterocycles. The molecule has 0 bridgehead atoms. The zero-order valence-corrected chi connectivity index (χ0v) is 15.5. The Morgan fingerprint density at radius 1 is 1.08 bits per heavy atom. The Balaban J connectivity index is 1.58. The molecule has 5 rings (SSSR count). The molecule has 0 radical (unpaired) electrons. The number of rotatable bonds is 3. The van der Waals surface area contributed by atoms with Gasteiger partial charge in [0.1, 0.15) is 6.17 Å². The molecule has 1 aromatic carbocycles. The second kappa shape index (κ2) is 6.04. The molecular weight excluding hydrogens is 322 g/mol. The van der Waals surface area contributed by atoms with E-state index in [2.05, 4.69) is 71.4 Å². The first-order valence-corrected chi connectivity index (χ1v) is 9.81. The number of nitrogens with zero attached hydrogens (tertiary/aromatic N) is 3. The van der Waals surface area contributed by atoms with Crippen molar-refractivity contribution in [2.24, 2.45) is 0 Å². The highest BCUT2D eigenvalue weighted by Crippen LogP contribution is 2.38. The number of aromatic nitrogens is 1.